The van der Waals surface area contributed by atoms with Crippen LogP contribution in [0.4, 0.5) is 5.95 Å². The summed E-state index contributed by atoms with van der Waals surface area (Å²) in [6, 6.07) is 7.98. The maximum Gasteiger partial charge on any atom is 0.243 e. The van der Waals surface area contributed by atoms with Crippen molar-refractivity contribution >= 4 is 5.95 Å². The number of piperidine rings is 1. The zero-order valence-electron chi connectivity index (χ0n) is 14.6. The van der Waals surface area contributed by atoms with Gasteiger partial charge < -0.3 is 15.2 Å². The zero-order valence-corrected chi connectivity index (χ0v) is 14.6. The summed E-state index contributed by atoms with van der Waals surface area (Å²) in [5.41, 5.74) is 1.74. The number of hydrogen-bond acceptors (Lipinski definition) is 7. The highest BCUT2D eigenvalue weighted by Gasteiger charge is 2.20. The molecule has 2 heterocycles. The molecule has 0 saturated carbocycles. The molecule has 0 unspecified atom stereocenters. The minimum atomic E-state index is 0.227. The monoisotopic (exact) mass is 343 g/mol. The van der Waals surface area contributed by atoms with E-state index in [2.05, 4.69) is 25.4 Å². The number of rotatable bonds is 7. The lowest BCUT2D eigenvalue weighted by atomic mass is 10.0. The van der Waals surface area contributed by atoms with Crippen molar-refractivity contribution in [3.05, 3.63) is 30.5 Å². The van der Waals surface area contributed by atoms with Crippen LogP contribution in [-0.4, -0.2) is 64.6 Å². The third-order valence-electron chi connectivity index (χ3n) is 4.59. The summed E-state index contributed by atoms with van der Waals surface area (Å²) in [6.45, 7) is 2.86. The van der Waals surface area contributed by atoms with Crippen LogP contribution in [-0.2, 0) is 0 Å². The van der Waals surface area contributed by atoms with Crippen LogP contribution in [0.2, 0.25) is 0 Å². The molecule has 1 aromatic carbocycles. The van der Waals surface area contributed by atoms with Crippen LogP contribution in [0, 0.1) is 0 Å². The van der Waals surface area contributed by atoms with Crippen molar-refractivity contribution in [2.75, 3.05) is 38.7 Å². The van der Waals surface area contributed by atoms with Crippen molar-refractivity contribution in [1.29, 1.82) is 0 Å². The molecule has 7 nitrogen and oxygen atoms in total. The Morgan fingerprint density at radius 1 is 1.28 bits per heavy atom. The molecule has 0 spiro atoms. The first kappa shape index (κ1) is 17.6. The van der Waals surface area contributed by atoms with E-state index in [1.165, 1.54) is 12.8 Å². The van der Waals surface area contributed by atoms with Gasteiger partial charge in [0.05, 0.1) is 25.6 Å². The zero-order chi connectivity index (χ0) is 17.5. The highest BCUT2D eigenvalue weighted by Crippen LogP contribution is 2.20. The van der Waals surface area contributed by atoms with E-state index in [0.717, 1.165) is 43.1 Å². The molecule has 3 rings (SSSR count). The van der Waals surface area contributed by atoms with Crippen molar-refractivity contribution in [2.24, 2.45) is 0 Å². The van der Waals surface area contributed by atoms with Crippen molar-refractivity contribution in [1.82, 2.24) is 20.1 Å². The van der Waals surface area contributed by atoms with E-state index in [-0.39, 0.29) is 12.6 Å². The van der Waals surface area contributed by atoms with Gasteiger partial charge in [-0.2, -0.15) is 5.10 Å². The van der Waals surface area contributed by atoms with Gasteiger partial charge >= 0.3 is 0 Å². The minimum Gasteiger partial charge on any atom is -0.497 e. The Morgan fingerprint density at radius 2 is 2.12 bits per heavy atom. The summed E-state index contributed by atoms with van der Waals surface area (Å²) in [5.74, 6) is 1.33. The molecule has 0 radical (unpaired) electrons. The predicted octanol–water partition coefficient (Wildman–Crippen LogP) is 1.81. The van der Waals surface area contributed by atoms with Crippen molar-refractivity contribution < 1.29 is 9.84 Å². The Kier molecular flexibility index (Phi) is 6.14. The molecule has 0 aliphatic carbocycles. The van der Waals surface area contributed by atoms with Gasteiger partial charge in [0.25, 0.3) is 0 Å². The van der Waals surface area contributed by atoms with E-state index < -0.39 is 0 Å². The number of aliphatic hydroxyl groups excluding tert-OH is 1. The second-order valence-electron chi connectivity index (χ2n) is 6.19. The molecule has 1 aliphatic heterocycles. The highest BCUT2D eigenvalue weighted by molar-refractivity contribution is 5.60. The molecule has 1 atom stereocenters. The maximum atomic E-state index is 9.47. The Hall–Kier alpha value is -2.25. The van der Waals surface area contributed by atoms with Crippen LogP contribution in [0.5, 0.6) is 5.75 Å². The summed E-state index contributed by atoms with van der Waals surface area (Å²) in [6.07, 6.45) is 5.12. The third kappa shape index (κ3) is 4.64. The molecule has 25 heavy (non-hydrogen) atoms. The fourth-order valence-electron chi connectivity index (χ4n) is 3.15. The van der Waals surface area contributed by atoms with Gasteiger partial charge in [0.15, 0.2) is 0 Å². The predicted molar refractivity (Wildman–Crippen MR) is 96.6 cm³/mol. The number of methoxy groups -OCH3 is 1. The lowest BCUT2D eigenvalue weighted by molar-refractivity contribution is 0.0939. The quantitative estimate of drug-likeness (QED) is 0.793. The Labute approximate surface area is 148 Å². The second kappa shape index (κ2) is 8.73. The van der Waals surface area contributed by atoms with Crippen LogP contribution in [0.15, 0.2) is 30.5 Å². The summed E-state index contributed by atoms with van der Waals surface area (Å²) >= 11 is 0. The molecule has 1 aliphatic rings. The molecular formula is C18H25N5O2. The van der Waals surface area contributed by atoms with Gasteiger partial charge in [0, 0.05) is 24.7 Å². The molecule has 1 saturated heterocycles. The largest absolute Gasteiger partial charge is 0.497 e. The summed E-state index contributed by atoms with van der Waals surface area (Å²) < 4.78 is 5.17. The van der Waals surface area contributed by atoms with Gasteiger partial charge in [-0.15, -0.1) is 5.10 Å². The van der Waals surface area contributed by atoms with E-state index in [1.807, 2.05) is 24.3 Å². The summed E-state index contributed by atoms with van der Waals surface area (Å²) in [4.78, 5) is 6.86. The molecule has 2 aromatic rings. The molecule has 134 valence electrons. The van der Waals surface area contributed by atoms with Crippen molar-refractivity contribution in [3.63, 3.8) is 0 Å². The smallest absolute Gasteiger partial charge is 0.243 e. The molecule has 0 amide bonds. The highest BCUT2D eigenvalue weighted by atomic mass is 16.5. The number of nitrogens with zero attached hydrogens (tertiary/aromatic N) is 4. The first-order chi connectivity index (χ1) is 12.3. The van der Waals surface area contributed by atoms with E-state index >= 15 is 0 Å². The number of anilines is 1. The average Bonchev–Trinajstić information content (AvgIpc) is 2.69. The number of nitrogens with one attached hydrogen (secondary N) is 1. The molecular weight excluding hydrogens is 318 g/mol. The lowest BCUT2D eigenvalue weighted by Crippen LogP contribution is -2.44. The average molecular weight is 343 g/mol. The Morgan fingerprint density at radius 3 is 2.88 bits per heavy atom. The molecule has 2 N–H and O–H groups in total. The lowest BCUT2D eigenvalue weighted by Gasteiger charge is -2.34. The van der Waals surface area contributed by atoms with E-state index in [0.29, 0.717) is 5.95 Å². The summed E-state index contributed by atoms with van der Waals surface area (Å²) in [7, 11) is 1.65. The van der Waals surface area contributed by atoms with Gasteiger partial charge in [-0.05, 0) is 43.7 Å². The SMILES string of the molecule is COc1ccc(-c2cnnc(NCCN3CCCC[C@@H]3CO)n2)cc1. The van der Waals surface area contributed by atoms with Crippen LogP contribution >= 0.6 is 0 Å². The van der Waals surface area contributed by atoms with Gasteiger partial charge in [0.2, 0.25) is 5.95 Å². The van der Waals surface area contributed by atoms with E-state index in [1.54, 1.807) is 13.3 Å². The number of hydrogen-bond donors (Lipinski definition) is 2. The number of aliphatic hydroxyl groups is 1. The minimum absolute atomic E-state index is 0.227. The van der Waals surface area contributed by atoms with Gasteiger partial charge in [-0.3, -0.25) is 4.90 Å². The first-order valence-electron chi connectivity index (χ1n) is 8.73. The van der Waals surface area contributed by atoms with Gasteiger partial charge in [0.1, 0.15) is 5.75 Å². The fourth-order valence-corrected chi connectivity index (χ4v) is 3.15. The molecule has 1 aromatic heterocycles. The van der Waals surface area contributed by atoms with E-state index in [9.17, 15) is 5.11 Å². The first-order valence-corrected chi connectivity index (χ1v) is 8.73. The number of ether oxygens (including phenoxy) is 1. The molecule has 7 heteroatoms. The fraction of sp³-hybridized carbons (Fsp3) is 0.500. The maximum absolute atomic E-state index is 9.47. The third-order valence-corrected chi connectivity index (χ3v) is 4.59. The number of benzene rings is 1. The van der Waals surface area contributed by atoms with Crippen LogP contribution in [0.25, 0.3) is 11.3 Å². The second-order valence-corrected chi connectivity index (χ2v) is 6.19. The molecule has 1 fully saturated rings. The Balaban J connectivity index is 1.58. The van der Waals surface area contributed by atoms with Gasteiger partial charge in [-0.1, -0.05) is 6.42 Å². The van der Waals surface area contributed by atoms with Crippen molar-refractivity contribution in [3.8, 4) is 17.0 Å². The molecule has 0 bridgehead atoms. The number of aromatic nitrogens is 3. The Bertz CT molecular complexity index is 665. The standard InChI is InChI=1S/C18H25N5O2/c1-25-16-7-5-14(6-8-16)17-12-20-22-18(21-17)19-9-11-23-10-3-2-4-15(23)13-24/h5-8,12,15,24H,2-4,9-11,13H2,1H3,(H,19,21,22)/t15-/m1/s1. The number of likely N-dealkylation sites (tertiary alicyclic amines) is 1. The van der Waals surface area contributed by atoms with Crippen LogP contribution in [0.1, 0.15) is 19.3 Å². The van der Waals surface area contributed by atoms with Crippen molar-refractivity contribution in [2.45, 2.75) is 25.3 Å². The summed E-state index contributed by atoms with van der Waals surface area (Å²) in [5, 5.41) is 20.8. The van der Waals surface area contributed by atoms with Crippen LogP contribution in [0.3, 0.4) is 0 Å². The van der Waals surface area contributed by atoms with Gasteiger partial charge in [-0.25, -0.2) is 4.98 Å². The van der Waals surface area contributed by atoms with E-state index in [4.69, 9.17) is 4.74 Å². The normalized spacial score (nSPS) is 18.1. The topological polar surface area (TPSA) is 83.4 Å². The van der Waals surface area contributed by atoms with Crippen LogP contribution < -0.4 is 10.1 Å².